The number of carbonyl (C=O) groups is 1. The zero-order chi connectivity index (χ0) is 18.1. The fourth-order valence-electron chi connectivity index (χ4n) is 2.98. The Morgan fingerprint density at radius 2 is 2.23 bits per heavy atom. The maximum absolute atomic E-state index is 12.8. The zero-order valence-corrected chi connectivity index (χ0v) is 15.5. The summed E-state index contributed by atoms with van der Waals surface area (Å²) in [4.78, 5) is 21.6. The number of rotatable bonds is 5. The molecule has 132 valence electrons. The molecule has 0 fully saturated rings. The maximum Gasteiger partial charge on any atom is 0.263 e. The largest absolute Gasteiger partial charge is 0.298 e. The molecule has 1 N–H and O–H groups in total. The molecule has 4 aromatic rings. The van der Waals surface area contributed by atoms with Gasteiger partial charge < -0.3 is 0 Å². The number of hydrogen-bond acceptors (Lipinski definition) is 5. The molecule has 3 aromatic heterocycles. The quantitative estimate of drug-likeness (QED) is 0.574. The van der Waals surface area contributed by atoms with Crippen molar-refractivity contribution in [1.82, 2.24) is 19.6 Å². The molecule has 0 aliphatic heterocycles. The number of carbonyl (C=O) groups excluding carboxylic acids is 1. The van der Waals surface area contributed by atoms with E-state index >= 15 is 0 Å². The minimum absolute atomic E-state index is 0.235. The Hall–Kier alpha value is -2.80. The smallest absolute Gasteiger partial charge is 0.263 e. The Balaban J connectivity index is 1.62. The van der Waals surface area contributed by atoms with Crippen LogP contribution in [0.3, 0.4) is 0 Å². The zero-order valence-electron chi connectivity index (χ0n) is 14.7. The predicted octanol–water partition coefficient (Wildman–Crippen LogP) is 4.24. The van der Waals surface area contributed by atoms with Gasteiger partial charge in [-0.2, -0.15) is 5.10 Å². The van der Waals surface area contributed by atoms with E-state index in [9.17, 15) is 4.79 Å². The molecule has 0 bridgehead atoms. The second-order valence-electron chi connectivity index (χ2n) is 6.23. The Morgan fingerprint density at radius 1 is 1.35 bits per heavy atom. The highest BCUT2D eigenvalue weighted by Crippen LogP contribution is 2.28. The maximum atomic E-state index is 12.8. The Bertz CT molecular complexity index is 1100. The van der Waals surface area contributed by atoms with E-state index in [0.717, 1.165) is 16.6 Å². The van der Waals surface area contributed by atoms with E-state index in [-0.39, 0.29) is 5.91 Å². The van der Waals surface area contributed by atoms with E-state index in [4.69, 9.17) is 0 Å². The van der Waals surface area contributed by atoms with Crippen molar-refractivity contribution >= 4 is 38.2 Å². The van der Waals surface area contributed by atoms with Crippen LogP contribution in [0.15, 0.2) is 36.7 Å². The molecule has 0 aliphatic carbocycles. The summed E-state index contributed by atoms with van der Waals surface area (Å²) in [5, 5.41) is 7.83. The number of fused-ring (bicyclic) bond motifs is 2. The summed E-state index contributed by atoms with van der Waals surface area (Å²) >= 11 is 1.49. The lowest BCUT2D eigenvalue weighted by molar-refractivity contribution is 0.102. The van der Waals surface area contributed by atoms with Crippen molar-refractivity contribution in [3.05, 3.63) is 53.5 Å². The monoisotopic (exact) mass is 365 g/mol. The molecule has 3 heterocycles. The second kappa shape index (κ2) is 6.84. The van der Waals surface area contributed by atoms with Gasteiger partial charge in [-0.25, -0.2) is 14.5 Å². The van der Waals surface area contributed by atoms with Crippen molar-refractivity contribution in [3.63, 3.8) is 0 Å². The van der Waals surface area contributed by atoms with Gasteiger partial charge in [0.15, 0.2) is 10.8 Å². The molecule has 0 unspecified atom stereocenters. The molecule has 0 radical (unpaired) electrons. The molecule has 1 aromatic carbocycles. The lowest BCUT2D eigenvalue weighted by Gasteiger charge is -2.00. The number of amides is 1. The molecule has 0 atom stereocenters. The fourth-order valence-corrected chi connectivity index (χ4v) is 3.91. The lowest BCUT2D eigenvalue weighted by atomic mass is 10.1. The fraction of sp³-hybridized carbons (Fsp3) is 0.263. The third-order valence-electron chi connectivity index (χ3n) is 4.29. The number of aryl methyl sites for hydroxylation is 2. The highest BCUT2D eigenvalue weighted by molar-refractivity contribution is 7.22. The summed E-state index contributed by atoms with van der Waals surface area (Å²) < 4.78 is 2.70. The molecule has 0 saturated heterocycles. The average Bonchev–Trinajstić information content (AvgIpc) is 3.18. The van der Waals surface area contributed by atoms with Crippen LogP contribution in [0.25, 0.3) is 15.9 Å². The van der Waals surface area contributed by atoms with Gasteiger partial charge >= 0.3 is 0 Å². The Morgan fingerprint density at radius 3 is 3.08 bits per heavy atom. The van der Waals surface area contributed by atoms with E-state index in [0.29, 0.717) is 22.0 Å². The summed E-state index contributed by atoms with van der Waals surface area (Å²) in [6, 6.07) is 8.09. The Kier molecular flexibility index (Phi) is 4.38. The predicted molar refractivity (Wildman–Crippen MR) is 104 cm³/mol. The van der Waals surface area contributed by atoms with E-state index in [1.165, 1.54) is 29.7 Å². The highest BCUT2D eigenvalue weighted by atomic mass is 32.1. The minimum Gasteiger partial charge on any atom is -0.298 e. The van der Waals surface area contributed by atoms with Crippen molar-refractivity contribution in [2.24, 2.45) is 0 Å². The molecular formula is C19H19N5OS. The van der Waals surface area contributed by atoms with Gasteiger partial charge in [0.1, 0.15) is 5.56 Å². The summed E-state index contributed by atoms with van der Waals surface area (Å²) in [7, 11) is 0. The third-order valence-corrected chi connectivity index (χ3v) is 5.22. The van der Waals surface area contributed by atoms with Gasteiger partial charge in [0.05, 0.1) is 15.9 Å². The van der Waals surface area contributed by atoms with Crippen LogP contribution >= 0.6 is 11.3 Å². The first-order valence-electron chi connectivity index (χ1n) is 8.66. The van der Waals surface area contributed by atoms with Crippen LogP contribution in [0.2, 0.25) is 0 Å². The summed E-state index contributed by atoms with van der Waals surface area (Å²) in [5.41, 5.74) is 3.88. The number of benzene rings is 1. The first-order valence-corrected chi connectivity index (χ1v) is 9.48. The lowest BCUT2D eigenvalue weighted by Crippen LogP contribution is -2.13. The van der Waals surface area contributed by atoms with Crippen LogP contribution in [0, 0.1) is 6.92 Å². The van der Waals surface area contributed by atoms with Crippen LogP contribution in [0.5, 0.6) is 0 Å². The van der Waals surface area contributed by atoms with Crippen LogP contribution in [-0.4, -0.2) is 25.5 Å². The SMILES string of the molecule is CCCCc1ccc2nc(NC(=O)c3c(C)nn4cccnc34)sc2c1. The van der Waals surface area contributed by atoms with Crippen molar-refractivity contribution in [2.45, 2.75) is 33.1 Å². The second-order valence-corrected chi connectivity index (χ2v) is 7.26. The minimum atomic E-state index is -0.235. The summed E-state index contributed by atoms with van der Waals surface area (Å²) in [6.45, 7) is 4.00. The van der Waals surface area contributed by atoms with Gasteiger partial charge in [-0.05, 0) is 43.5 Å². The molecule has 0 saturated carbocycles. The molecule has 7 heteroatoms. The number of hydrogen-bond donors (Lipinski definition) is 1. The van der Waals surface area contributed by atoms with Crippen molar-refractivity contribution in [3.8, 4) is 0 Å². The number of unbranched alkanes of at least 4 members (excludes halogenated alkanes) is 1. The Labute approximate surface area is 154 Å². The number of nitrogens with one attached hydrogen (secondary N) is 1. The molecule has 0 spiro atoms. The van der Waals surface area contributed by atoms with Crippen molar-refractivity contribution < 1.29 is 4.79 Å². The topological polar surface area (TPSA) is 72.2 Å². The van der Waals surface area contributed by atoms with Crippen LogP contribution < -0.4 is 5.32 Å². The van der Waals surface area contributed by atoms with E-state index in [2.05, 4.69) is 39.4 Å². The van der Waals surface area contributed by atoms with Gasteiger partial charge in [-0.1, -0.05) is 30.7 Å². The average molecular weight is 365 g/mol. The van der Waals surface area contributed by atoms with Gasteiger partial charge in [-0.15, -0.1) is 0 Å². The van der Waals surface area contributed by atoms with Crippen LogP contribution in [-0.2, 0) is 6.42 Å². The first kappa shape index (κ1) is 16.7. The third kappa shape index (κ3) is 3.06. The normalized spacial score (nSPS) is 11.3. The standard InChI is InChI=1S/C19H19N5OS/c1-3-4-6-13-7-8-14-15(11-13)26-19(21-14)22-18(25)16-12(2)23-24-10-5-9-20-17(16)24/h5,7-11H,3-4,6H2,1-2H3,(H,21,22,25). The number of aromatic nitrogens is 4. The van der Waals surface area contributed by atoms with Crippen LogP contribution in [0.1, 0.15) is 41.4 Å². The van der Waals surface area contributed by atoms with Crippen molar-refractivity contribution in [1.29, 1.82) is 0 Å². The van der Waals surface area contributed by atoms with Gasteiger partial charge in [0.25, 0.3) is 5.91 Å². The summed E-state index contributed by atoms with van der Waals surface area (Å²) in [6.07, 6.45) is 6.85. The highest BCUT2D eigenvalue weighted by Gasteiger charge is 2.19. The number of thiazole rings is 1. The number of anilines is 1. The first-order chi connectivity index (χ1) is 12.7. The van der Waals surface area contributed by atoms with Gasteiger partial charge in [-0.3, -0.25) is 10.1 Å². The van der Waals surface area contributed by atoms with Gasteiger partial charge in [0, 0.05) is 12.4 Å². The molecule has 1 amide bonds. The molecule has 4 rings (SSSR count). The molecule has 6 nitrogen and oxygen atoms in total. The van der Waals surface area contributed by atoms with E-state index in [1.807, 2.05) is 13.0 Å². The molecule has 26 heavy (non-hydrogen) atoms. The number of nitrogens with zero attached hydrogens (tertiary/aromatic N) is 4. The van der Waals surface area contributed by atoms with Crippen molar-refractivity contribution in [2.75, 3.05) is 5.32 Å². The molecule has 0 aliphatic rings. The van der Waals surface area contributed by atoms with Crippen LogP contribution in [0.4, 0.5) is 5.13 Å². The van der Waals surface area contributed by atoms with Gasteiger partial charge in [0.2, 0.25) is 0 Å². The molecular weight excluding hydrogens is 346 g/mol. The van der Waals surface area contributed by atoms with E-state index in [1.54, 1.807) is 23.0 Å². The van der Waals surface area contributed by atoms with E-state index < -0.39 is 0 Å². The summed E-state index contributed by atoms with van der Waals surface area (Å²) in [5.74, 6) is -0.235.